The third-order valence-corrected chi connectivity index (χ3v) is 4.61. The van der Waals surface area contributed by atoms with Gasteiger partial charge in [0.05, 0.1) is 11.4 Å². The molecule has 1 amide bonds. The van der Waals surface area contributed by atoms with Gasteiger partial charge in [-0.15, -0.1) is 0 Å². The zero-order valence-corrected chi connectivity index (χ0v) is 13.2. The summed E-state index contributed by atoms with van der Waals surface area (Å²) in [5.41, 5.74) is 8.49. The van der Waals surface area contributed by atoms with E-state index in [1.165, 1.54) is 0 Å². The number of benzene rings is 1. The van der Waals surface area contributed by atoms with Gasteiger partial charge in [-0.05, 0) is 25.1 Å². The predicted molar refractivity (Wildman–Crippen MR) is 87.6 cm³/mol. The lowest BCUT2D eigenvalue weighted by atomic mass is 10.1. The van der Waals surface area contributed by atoms with Gasteiger partial charge in [-0.3, -0.25) is 4.79 Å². The van der Waals surface area contributed by atoms with Crippen LogP contribution in [0.2, 0.25) is 0 Å². The topological polar surface area (TPSA) is 58.4 Å². The maximum Gasteiger partial charge on any atom is 0.251 e. The van der Waals surface area contributed by atoms with Crippen molar-refractivity contribution in [1.29, 1.82) is 0 Å². The molecule has 1 aliphatic rings. The Morgan fingerprint density at radius 1 is 1.40 bits per heavy atom. The van der Waals surface area contributed by atoms with Gasteiger partial charge in [-0.25, -0.2) is 0 Å². The van der Waals surface area contributed by atoms with Crippen LogP contribution < -0.4 is 16.0 Å². The molecule has 1 heterocycles. The van der Waals surface area contributed by atoms with E-state index in [9.17, 15) is 4.79 Å². The highest BCUT2D eigenvalue weighted by Crippen LogP contribution is 2.32. The monoisotopic (exact) mass is 293 g/mol. The number of carbonyl (C=O) groups excluding carboxylic acids is 1. The van der Waals surface area contributed by atoms with E-state index in [1.807, 2.05) is 30.8 Å². The minimum atomic E-state index is -0.0679. The SMILES string of the molecule is CCNC(=O)c1ccc(N2CC(C)SC(C)C2)c(N)c1. The normalized spacial score (nSPS) is 22.6. The second-order valence-corrected chi connectivity index (χ2v) is 7.18. The van der Waals surface area contributed by atoms with Crippen molar-refractivity contribution in [2.24, 2.45) is 0 Å². The zero-order valence-electron chi connectivity index (χ0n) is 12.3. The minimum Gasteiger partial charge on any atom is -0.397 e. The molecule has 0 saturated carbocycles. The fourth-order valence-corrected chi connectivity index (χ4v) is 3.95. The third kappa shape index (κ3) is 3.39. The first-order valence-electron chi connectivity index (χ1n) is 7.09. The molecule has 3 N–H and O–H groups in total. The molecule has 0 aromatic heterocycles. The molecule has 5 heteroatoms. The van der Waals surface area contributed by atoms with Gasteiger partial charge in [0.25, 0.3) is 5.91 Å². The molecule has 1 aromatic carbocycles. The Morgan fingerprint density at radius 3 is 2.60 bits per heavy atom. The van der Waals surface area contributed by atoms with Gasteiger partial charge in [0.1, 0.15) is 0 Å². The number of rotatable bonds is 3. The van der Waals surface area contributed by atoms with Crippen LogP contribution in [-0.4, -0.2) is 36.0 Å². The Bertz CT molecular complexity index is 482. The van der Waals surface area contributed by atoms with E-state index in [0.717, 1.165) is 18.8 Å². The van der Waals surface area contributed by atoms with Gasteiger partial charge in [0, 0.05) is 35.7 Å². The van der Waals surface area contributed by atoms with Crippen molar-refractivity contribution >= 4 is 29.0 Å². The Kier molecular flexibility index (Phi) is 4.81. The van der Waals surface area contributed by atoms with E-state index in [0.29, 0.717) is 28.3 Å². The molecule has 1 saturated heterocycles. The lowest BCUT2D eigenvalue weighted by molar-refractivity contribution is 0.0956. The molecule has 0 radical (unpaired) electrons. The Balaban J connectivity index is 2.19. The van der Waals surface area contributed by atoms with Crippen LogP contribution in [0.25, 0.3) is 0 Å². The zero-order chi connectivity index (χ0) is 14.7. The number of hydrogen-bond acceptors (Lipinski definition) is 4. The van der Waals surface area contributed by atoms with E-state index in [-0.39, 0.29) is 5.91 Å². The van der Waals surface area contributed by atoms with Crippen molar-refractivity contribution in [3.63, 3.8) is 0 Å². The van der Waals surface area contributed by atoms with Crippen LogP contribution in [-0.2, 0) is 0 Å². The van der Waals surface area contributed by atoms with Gasteiger partial charge in [0.2, 0.25) is 0 Å². The lowest BCUT2D eigenvalue weighted by Crippen LogP contribution is -2.40. The second kappa shape index (κ2) is 6.39. The van der Waals surface area contributed by atoms with Crippen molar-refractivity contribution in [3.8, 4) is 0 Å². The molecule has 1 aromatic rings. The molecule has 0 spiro atoms. The molecule has 0 aliphatic carbocycles. The summed E-state index contributed by atoms with van der Waals surface area (Å²) >= 11 is 2.01. The highest BCUT2D eigenvalue weighted by Gasteiger charge is 2.23. The molecule has 0 bridgehead atoms. The van der Waals surface area contributed by atoms with Crippen molar-refractivity contribution in [2.75, 3.05) is 30.3 Å². The van der Waals surface area contributed by atoms with Crippen LogP contribution in [0.4, 0.5) is 11.4 Å². The van der Waals surface area contributed by atoms with E-state index < -0.39 is 0 Å². The van der Waals surface area contributed by atoms with E-state index in [2.05, 4.69) is 24.1 Å². The summed E-state index contributed by atoms with van der Waals surface area (Å²) in [6, 6.07) is 5.60. The van der Waals surface area contributed by atoms with Crippen molar-refractivity contribution < 1.29 is 4.79 Å². The van der Waals surface area contributed by atoms with Crippen LogP contribution in [0.15, 0.2) is 18.2 Å². The van der Waals surface area contributed by atoms with Crippen LogP contribution in [0, 0.1) is 0 Å². The first kappa shape index (κ1) is 15.0. The third-order valence-electron chi connectivity index (χ3n) is 3.39. The number of nitrogen functional groups attached to an aromatic ring is 1. The maximum absolute atomic E-state index is 11.8. The molecule has 20 heavy (non-hydrogen) atoms. The Hall–Kier alpha value is -1.36. The second-order valence-electron chi connectivity index (χ2n) is 5.30. The number of hydrogen-bond donors (Lipinski definition) is 2. The molecule has 2 unspecified atom stereocenters. The van der Waals surface area contributed by atoms with Crippen LogP contribution in [0.5, 0.6) is 0 Å². The van der Waals surface area contributed by atoms with Gasteiger partial charge >= 0.3 is 0 Å². The lowest BCUT2D eigenvalue weighted by Gasteiger charge is -2.36. The fourth-order valence-electron chi connectivity index (χ4n) is 2.62. The molecular weight excluding hydrogens is 270 g/mol. The number of amides is 1. The summed E-state index contributed by atoms with van der Waals surface area (Å²) < 4.78 is 0. The van der Waals surface area contributed by atoms with E-state index in [1.54, 1.807) is 6.07 Å². The van der Waals surface area contributed by atoms with Crippen LogP contribution in [0.1, 0.15) is 31.1 Å². The van der Waals surface area contributed by atoms with Gasteiger partial charge < -0.3 is 16.0 Å². The predicted octanol–water partition coefficient (Wildman–Crippen LogP) is 2.35. The van der Waals surface area contributed by atoms with Crippen molar-refractivity contribution in [2.45, 2.75) is 31.3 Å². The summed E-state index contributed by atoms with van der Waals surface area (Å²) in [7, 11) is 0. The van der Waals surface area contributed by atoms with Crippen LogP contribution in [0.3, 0.4) is 0 Å². The first-order valence-corrected chi connectivity index (χ1v) is 8.03. The number of carbonyl (C=O) groups is 1. The summed E-state index contributed by atoms with van der Waals surface area (Å²) in [5.74, 6) is -0.0679. The number of nitrogens with one attached hydrogen (secondary N) is 1. The highest BCUT2D eigenvalue weighted by atomic mass is 32.2. The number of nitrogens with two attached hydrogens (primary N) is 1. The number of anilines is 2. The average molecular weight is 293 g/mol. The largest absolute Gasteiger partial charge is 0.397 e. The summed E-state index contributed by atoms with van der Waals surface area (Å²) in [4.78, 5) is 14.1. The summed E-state index contributed by atoms with van der Waals surface area (Å²) in [6.07, 6.45) is 0. The number of thioether (sulfide) groups is 1. The van der Waals surface area contributed by atoms with Gasteiger partial charge in [-0.2, -0.15) is 11.8 Å². The highest BCUT2D eigenvalue weighted by molar-refractivity contribution is 8.00. The van der Waals surface area contributed by atoms with Crippen LogP contribution >= 0.6 is 11.8 Å². The first-order chi connectivity index (χ1) is 9.51. The Morgan fingerprint density at radius 2 is 2.05 bits per heavy atom. The van der Waals surface area contributed by atoms with Crippen molar-refractivity contribution in [3.05, 3.63) is 23.8 Å². The molecule has 110 valence electrons. The number of nitrogens with zero attached hydrogens (tertiary/aromatic N) is 1. The average Bonchev–Trinajstić information content (AvgIpc) is 2.37. The minimum absolute atomic E-state index is 0.0679. The molecule has 2 rings (SSSR count). The maximum atomic E-state index is 11.8. The summed E-state index contributed by atoms with van der Waals surface area (Å²) in [5, 5.41) is 3.99. The standard InChI is InChI=1S/C15H23N3OS/c1-4-17-15(19)12-5-6-14(13(16)7-12)18-8-10(2)20-11(3)9-18/h5-7,10-11H,4,8-9,16H2,1-3H3,(H,17,19). The quantitative estimate of drug-likeness (QED) is 0.840. The van der Waals surface area contributed by atoms with Gasteiger partial charge in [-0.1, -0.05) is 13.8 Å². The molecule has 1 aliphatic heterocycles. The molecular formula is C15H23N3OS. The smallest absolute Gasteiger partial charge is 0.251 e. The Labute approximate surface area is 125 Å². The fraction of sp³-hybridized carbons (Fsp3) is 0.533. The summed E-state index contributed by atoms with van der Waals surface area (Å²) in [6.45, 7) is 9.02. The van der Waals surface area contributed by atoms with Gasteiger partial charge in [0.15, 0.2) is 0 Å². The molecule has 4 nitrogen and oxygen atoms in total. The van der Waals surface area contributed by atoms with E-state index in [4.69, 9.17) is 5.73 Å². The molecule has 2 atom stereocenters. The molecule has 1 fully saturated rings. The van der Waals surface area contributed by atoms with Crippen molar-refractivity contribution in [1.82, 2.24) is 5.32 Å². The van der Waals surface area contributed by atoms with E-state index >= 15 is 0 Å².